The maximum absolute atomic E-state index is 13.9. The van der Waals surface area contributed by atoms with Crippen molar-refractivity contribution in [2.24, 2.45) is 11.8 Å². The van der Waals surface area contributed by atoms with Gasteiger partial charge in [0.15, 0.2) is 5.78 Å². The van der Waals surface area contributed by atoms with Crippen LogP contribution in [-0.4, -0.2) is 17.1 Å². The molecule has 4 aliphatic rings. The molecular formula is C40H42FIrNO3-2. The van der Waals surface area contributed by atoms with Crippen molar-refractivity contribution in [3.63, 3.8) is 0 Å². The first-order valence-corrected chi connectivity index (χ1v) is 16.5. The van der Waals surface area contributed by atoms with E-state index in [4.69, 9.17) is 9.90 Å². The van der Waals surface area contributed by atoms with Gasteiger partial charge in [0.25, 0.3) is 0 Å². The molecule has 6 heteroatoms. The quantitative estimate of drug-likeness (QED) is 0.124. The van der Waals surface area contributed by atoms with E-state index < -0.39 is 25.0 Å². The zero-order valence-electron chi connectivity index (χ0n) is 29.9. The average Bonchev–Trinajstić information content (AvgIpc) is 3.91. The number of hydrogen-bond acceptors (Lipinski definition) is 3. The van der Waals surface area contributed by atoms with Gasteiger partial charge in [0.2, 0.25) is 0 Å². The number of benzene rings is 3. The van der Waals surface area contributed by atoms with Gasteiger partial charge >= 0.3 is 0 Å². The summed E-state index contributed by atoms with van der Waals surface area (Å²) in [5, 5.41) is 16.1. The van der Waals surface area contributed by atoms with Crippen molar-refractivity contribution >= 4 is 33.8 Å². The maximum atomic E-state index is 13.9. The number of aryl methyl sites for hydroxylation is 1. The Labute approximate surface area is 290 Å². The third-order valence-corrected chi connectivity index (χ3v) is 10.0. The molecule has 3 saturated carbocycles. The summed E-state index contributed by atoms with van der Waals surface area (Å²) in [4.78, 5) is 11.8. The fraction of sp³-hybridized carbons (Fsp3) is 0.425. The normalized spacial score (nSPS) is 26.3. The third-order valence-electron chi connectivity index (χ3n) is 10.0. The number of carbonyl (C=O) groups is 1. The van der Waals surface area contributed by atoms with E-state index in [9.17, 15) is 14.3 Å². The Hall–Kier alpha value is -3.21. The number of hydrogen-bond donors (Lipinski definition) is 1. The summed E-state index contributed by atoms with van der Waals surface area (Å²) < 4.78 is 52.9. The summed E-state index contributed by atoms with van der Waals surface area (Å²) in [7, 11) is 0. The van der Waals surface area contributed by atoms with Gasteiger partial charge in [0.1, 0.15) is 11.8 Å². The molecule has 0 amide bonds. The number of aliphatic hydroxyl groups is 1. The molecule has 0 bridgehead atoms. The molecule has 0 saturated heterocycles. The Kier molecular flexibility index (Phi) is 8.65. The van der Waals surface area contributed by atoms with E-state index in [1.54, 1.807) is 12.3 Å². The van der Waals surface area contributed by atoms with Crippen molar-refractivity contribution in [2.75, 3.05) is 0 Å². The van der Waals surface area contributed by atoms with Crippen LogP contribution in [0, 0.1) is 24.8 Å². The molecule has 1 aliphatic heterocycles. The van der Waals surface area contributed by atoms with Crippen LogP contribution in [0.5, 0.6) is 0 Å². The fourth-order valence-corrected chi connectivity index (χ4v) is 7.57. The van der Waals surface area contributed by atoms with Gasteiger partial charge in [-0.25, -0.2) is 4.39 Å². The molecule has 3 fully saturated rings. The number of aliphatic hydroxyl groups excluding tert-OH is 1. The number of fused-ring (bicyclic) bond motifs is 4. The summed E-state index contributed by atoms with van der Waals surface area (Å²) in [5.41, 5.74) is 4.51. The monoisotopic (exact) mass is 800 g/mol. The standard InChI is InChI=1S/C27H22FNO.C13H20O2.Ir/c1-16-12-23-22-4-2-3-5-25(22)30-27(23)24(13-16)26-21-9-7-17(14-19(21)10-11-29-26)18-6-8-20(28)15-18;14-12(10-5-1-2-6-10)9-13(15)11-7-3-4-8-11;/h2-5,7,9-12,14,18,20,26H,6,8,15H2,1H3;9-11,14H,1-8H2;/q-2;;/b;12-9-;/i1D3,18D;;. The zero-order chi connectivity index (χ0) is 34.3. The number of ketones is 1. The minimum atomic E-state index is -2.33. The Balaban J connectivity index is 0.000000227. The van der Waals surface area contributed by atoms with E-state index in [-0.39, 0.29) is 49.7 Å². The van der Waals surface area contributed by atoms with Crippen molar-refractivity contribution in [2.45, 2.75) is 95.6 Å². The molecule has 0 spiro atoms. The number of halogens is 1. The van der Waals surface area contributed by atoms with Crippen LogP contribution in [0.1, 0.15) is 116 Å². The van der Waals surface area contributed by atoms with Crippen LogP contribution in [0.2, 0.25) is 0 Å². The van der Waals surface area contributed by atoms with E-state index in [1.165, 1.54) is 31.8 Å². The smallest absolute Gasteiger partial charge is 0.162 e. The Morgan fingerprint density at radius 3 is 2.52 bits per heavy atom. The van der Waals surface area contributed by atoms with Gasteiger partial charge < -0.3 is 14.8 Å². The molecule has 3 aliphatic carbocycles. The molecule has 2 heterocycles. The van der Waals surface area contributed by atoms with Crippen LogP contribution >= 0.6 is 0 Å². The second-order valence-electron chi connectivity index (χ2n) is 13.0. The van der Waals surface area contributed by atoms with Crippen LogP contribution in [0.4, 0.5) is 4.39 Å². The summed E-state index contributed by atoms with van der Waals surface area (Å²) in [5.74, 6) is 0.0660. The number of furan rings is 1. The summed E-state index contributed by atoms with van der Waals surface area (Å²) >= 11 is 0. The number of para-hydroxylation sites is 1. The first kappa shape index (κ1) is 27.9. The van der Waals surface area contributed by atoms with Gasteiger partial charge in [-0.2, -0.15) is 23.9 Å². The fourth-order valence-electron chi connectivity index (χ4n) is 7.57. The number of allylic oxidation sites excluding steroid dienone is 2. The van der Waals surface area contributed by atoms with E-state index in [0.29, 0.717) is 35.3 Å². The summed E-state index contributed by atoms with van der Waals surface area (Å²) in [6, 6.07) is 17.6. The first-order valence-electron chi connectivity index (χ1n) is 18.5. The summed E-state index contributed by atoms with van der Waals surface area (Å²) in [6.07, 6.45) is 14.2. The van der Waals surface area contributed by atoms with Crippen molar-refractivity contribution in [1.29, 1.82) is 0 Å². The molecule has 4 nitrogen and oxygen atoms in total. The van der Waals surface area contributed by atoms with Gasteiger partial charge in [0.05, 0.1) is 5.76 Å². The number of rotatable bonds is 5. The van der Waals surface area contributed by atoms with E-state index >= 15 is 0 Å². The summed E-state index contributed by atoms with van der Waals surface area (Å²) in [6.45, 7) is -2.33. The molecule has 1 aromatic heterocycles. The predicted octanol–water partition coefficient (Wildman–Crippen LogP) is 11.1. The van der Waals surface area contributed by atoms with E-state index in [1.807, 2.05) is 48.5 Å². The molecule has 46 heavy (non-hydrogen) atoms. The topological polar surface area (TPSA) is 64.5 Å². The molecule has 1 radical (unpaired) electrons. The van der Waals surface area contributed by atoms with Gasteiger partial charge in [0, 0.05) is 54.5 Å². The van der Waals surface area contributed by atoms with Crippen molar-refractivity contribution in [3.05, 3.63) is 106 Å². The van der Waals surface area contributed by atoms with Gasteiger partial charge in [-0.05, 0) is 68.0 Å². The minimum Gasteiger partial charge on any atom is -0.682 e. The molecular weight excluding hydrogens is 754 g/mol. The van der Waals surface area contributed by atoms with Crippen LogP contribution in [0.25, 0.3) is 33.3 Å². The molecule has 1 N–H and O–H groups in total. The molecule has 3 atom stereocenters. The molecule has 3 aromatic carbocycles. The van der Waals surface area contributed by atoms with Crippen LogP contribution in [-0.2, 0) is 24.9 Å². The second kappa shape index (κ2) is 14.3. The Morgan fingerprint density at radius 2 is 1.78 bits per heavy atom. The SMILES string of the molecule is O=C(/C=C(\O)C1CCCC1)C1CCCC1.[2H]C([2H])([2H])c1[c-]c(C2[N-]C=Cc3cc(C4([2H])CCC(F)C4)ccc32)c2oc3ccccc3c2c1.[Ir]. The van der Waals surface area contributed by atoms with Gasteiger partial charge in [-0.3, -0.25) is 4.79 Å². The van der Waals surface area contributed by atoms with Crippen molar-refractivity contribution < 1.29 is 44.3 Å². The Bertz CT molecular complexity index is 1920. The van der Waals surface area contributed by atoms with Crippen molar-refractivity contribution in [1.82, 2.24) is 0 Å². The first-order chi connectivity index (χ1) is 23.5. The van der Waals surface area contributed by atoms with Crippen LogP contribution < -0.4 is 0 Å². The third kappa shape index (κ3) is 6.75. The average molecular weight is 800 g/mol. The largest absolute Gasteiger partial charge is 0.682 e. The number of alkyl halides is 1. The van der Waals surface area contributed by atoms with Crippen LogP contribution in [0.15, 0.2) is 71.0 Å². The van der Waals surface area contributed by atoms with Crippen molar-refractivity contribution in [3.8, 4) is 0 Å². The van der Waals surface area contributed by atoms with Gasteiger partial charge in [-0.15, -0.1) is 5.56 Å². The predicted molar refractivity (Wildman–Crippen MR) is 179 cm³/mol. The minimum absolute atomic E-state index is 0. The maximum Gasteiger partial charge on any atom is 0.162 e. The van der Waals surface area contributed by atoms with Crippen LogP contribution in [0.3, 0.4) is 0 Å². The number of carbonyl (C=O) groups excluding carboxylic acids is 1. The van der Waals surface area contributed by atoms with Gasteiger partial charge in [-0.1, -0.05) is 92.0 Å². The molecule has 4 aromatic rings. The molecule has 3 unspecified atom stereocenters. The number of nitrogens with zero attached hydrogens (tertiary/aromatic N) is 1. The molecule has 243 valence electrons. The second-order valence-corrected chi connectivity index (χ2v) is 13.0. The van der Waals surface area contributed by atoms with E-state index in [2.05, 4.69) is 11.4 Å². The zero-order valence-corrected chi connectivity index (χ0v) is 28.3. The Morgan fingerprint density at radius 1 is 1.02 bits per heavy atom. The van der Waals surface area contributed by atoms with E-state index in [0.717, 1.165) is 53.1 Å². The molecule has 8 rings (SSSR count).